The summed E-state index contributed by atoms with van der Waals surface area (Å²) in [7, 11) is 3.10. The van der Waals surface area contributed by atoms with E-state index in [2.05, 4.69) is 4.90 Å². The number of likely N-dealkylation sites (tertiary alicyclic amines) is 1. The molecule has 1 saturated carbocycles. The second kappa shape index (κ2) is 10.1. The Hall–Kier alpha value is -2.96. The van der Waals surface area contributed by atoms with Gasteiger partial charge in [0.25, 0.3) is 5.91 Å². The summed E-state index contributed by atoms with van der Waals surface area (Å²) in [5.74, 6) is -6.96. The van der Waals surface area contributed by atoms with Crippen LogP contribution in [0.25, 0.3) is 5.76 Å². The van der Waals surface area contributed by atoms with Gasteiger partial charge in [0, 0.05) is 29.6 Å². The van der Waals surface area contributed by atoms with E-state index in [1.807, 2.05) is 0 Å². The molecule has 1 aromatic carbocycles. The van der Waals surface area contributed by atoms with Crippen molar-refractivity contribution in [2.45, 2.75) is 56.4 Å². The van der Waals surface area contributed by atoms with E-state index in [-0.39, 0.29) is 35.8 Å². The van der Waals surface area contributed by atoms with E-state index in [9.17, 15) is 39.9 Å². The fourth-order valence-electron chi connectivity index (χ4n) is 7.00. The Kier molecular flexibility index (Phi) is 7.25. The van der Waals surface area contributed by atoms with E-state index in [4.69, 9.17) is 17.3 Å². The van der Waals surface area contributed by atoms with Crippen molar-refractivity contribution in [3.05, 3.63) is 44.7 Å². The molecule has 0 aromatic heterocycles. The number of carbonyl (C=O) groups is 3. The quantitative estimate of drug-likeness (QED) is 0.283. The molecule has 40 heavy (non-hydrogen) atoms. The third-order valence-electron chi connectivity index (χ3n) is 8.91. The van der Waals surface area contributed by atoms with E-state index >= 15 is 0 Å². The van der Waals surface area contributed by atoms with Gasteiger partial charge in [-0.1, -0.05) is 11.6 Å². The number of phenols is 1. The Morgan fingerprint density at radius 2 is 1.90 bits per heavy atom. The third-order valence-corrected chi connectivity index (χ3v) is 9.38. The minimum Gasteiger partial charge on any atom is -0.508 e. The highest BCUT2D eigenvalue weighted by molar-refractivity contribution is 6.32. The Morgan fingerprint density at radius 1 is 1.20 bits per heavy atom. The first-order chi connectivity index (χ1) is 18.8. The van der Waals surface area contributed by atoms with Gasteiger partial charge in [-0.25, -0.2) is 0 Å². The highest BCUT2D eigenvalue weighted by Gasteiger charge is 2.64. The number of aliphatic hydroxyl groups is 4. The molecule has 3 aliphatic carbocycles. The maximum Gasteiger partial charge on any atom is 0.255 e. The van der Waals surface area contributed by atoms with Gasteiger partial charge in [0.2, 0.25) is 5.78 Å². The van der Waals surface area contributed by atoms with Crippen molar-refractivity contribution < 1.29 is 39.9 Å². The van der Waals surface area contributed by atoms with Crippen molar-refractivity contribution in [1.29, 1.82) is 0 Å². The summed E-state index contributed by atoms with van der Waals surface area (Å²) in [6.45, 7) is 1.83. The number of halogens is 1. The molecular formula is C28H34ClN3O8. The largest absolute Gasteiger partial charge is 0.508 e. The first kappa shape index (κ1) is 28.6. The predicted molar refractivity (Wildman–Crippen MR) is 144 cm³/mol. The standard InChI is InChI=1S/C28H34ClN3O8/c1-31(2)22-16-9-12-8-15-19(17(34)10-13(21(15)29)11-32-6-3-4-14(33)5-7-32)23(35)18(12)25(37)28(16,40)26(38)20(24(22)36)27(30)39/h10,12,14,16,22,33-35,38,40H,3-9,11H2,1-2H3,(H2,30,39)/t12-,14?,16-,22-,28-/m0/s1. The number of ketones is 2. The van der Waals surface area contributed by atoms with Crippen LogP contribution in [0.5, 0.6) is 5.75 Å². The van der Waals surface area contributed by atoms with Crippen LogP contribution in [0, 0.1) is 11.8 Å². The molecule has 0 radical (unpaired) electrons. The predicted octanol–water partition coefficient (Wildman–Crippen LogP) is 0.964. The van der Waals surface area contributed by atoms with Gasteiger partial charge in [-0.2, -0.15) is 0 Å². The average Bonchev–Trinajstić information content (AvgIpc) is 3.07. The third kappa shape index (κ3) is 4.22. The molecule has 5 atom stereocenters. The van der Waals surface area contributed by atoms with Gasteiger partial charge in [0.15, 0.2) is 11.4 Å². The molecule has 1 unspecified atom stereocenters. The van der Waals surface area contributed by atoms with Crippen LogP contribution in [0.15, 0.2) is 23.0 Å². The van der Waals surface area contributed by atoms with Crippen molar-refractivity contribution >= 4 is 34.8 Å². The van der Waals surface area contributed by atoms with Crippen LogP contribution in [0.1, 0.15) is 42.4 Å². The van der Waals surface area contributed by atoms with Gasteiger partial charge >= 0.3 is 0 Å². The highest BCUT2D eigenvalue weighted by Crippen LogP contribution is 2.53. The molecule has 11 nitrogen and oxygen atoms in total. The monoisotopic (exact) mass is 575 g/mol. The van der Waals surface area contributed by atoms with E-state index in [0.717, 1.165) is 13.0 Å². The number of rotatable bonds is 4. The lowest BCUT2D eigenvalue weighted by molar-refractivity contribution is -0.153. The van der Waals surface area contributed by atoms with Crippen molar-refractivity contribution in [3.63, 3.8) is 0 Å². The van der Waals surface area contributed by atoms with Gasteiger partial charge in [-0.3, -0.25) is 24.2 Å². The molecule has 216 valence electrons. The number of carbonyl (C=O) groups excluding carboxylic acids is 3. The van der Waals surface area contributed by atoms with Gasteiger partial charge in [0.1, 0.15) is 22.8 Å². The number of hydrogen-bond donors (Lipinski definition) is 6. The number of aliphatic hydroxyl groups excluding tert-OH is 3. The molecule has 1 amide bonds. The summed E-state index contributed by atoms with van der Waals surface area (Å²) < 4.78 is 0. The first-order valence-corrected chi connectivity index (χ1v) is 13.7. The normalized spacial score (nSPS) is 31.1. The Bertz CT molecular complexity index is 1370. The molecule has 0 bridgehead atoms. The van der Waals surface area contributed by atoms with Crippen LogP contribution in [0.4, 0.5) is 0 Å². The number of Topliss-reactive ketones (excluding diaryl/α,β-unsaturated/α-hetero) is 2. The molecule has 1 heterocycles. The van der Waals surface area contributed by atoms with E-state index in [1.54, 1.807) is 14.1 Å². The number of nitrogens with two attached hydrogens (primary N) is 1. The minimum atomic E-state index is -2.68. The van der Waals surface area contributed by atoms with Crippen molar-refractivity contribution in [3.8, 4) is 5.75 Å². The number of likely N-dealkylation sites (N-methyl/N-ethyl adjacent to an activating group) is 1. The Labute approximate surface area is 236 Å². The maximum absolute atomic E-state index is 13.9. The number of fused-ring (bicyclic) bond motifs is 3. The van der Waals surface area contributed by atoms with Crippen LogP contribution >= 0.6 is 11.6 Å². The number of benzene rings is 1. The molecule has 7 N–H and O–H groups in total. The zero-order valence-electron chi connectivity index (χ0n) is 22.4. The fourth-order valence-corrected chi connectivity index (χ4v) is 7.29. The zero-order valence-corrected chi connectivity index (χ0v) is 23.1. The van der Waals surface area contributed by atoms with Crippen LogP contribution in [0.3, 0.4) is 0 Å². The van der Waals surface area contributed by atoms with Gasteiger partial charge < -0.3 is 31.3 Å². The second-order valence-electron chi connectivity index (χ2n) is 11.5. The number of amides is 1. The number of nitrogens with zero attached hydrogens (tertiary/aromatic N) is 2. The lowest BCUT2D eigenvalue weighted by atomic mass is 9.57. The average molecular weight is 576 g/mol. The van der Waals surface area contributed by atoms with Crippen LogP contribution < -0.4 is 5.73 Å². The zero-order chi connectivity index (χ0) is 29.3. The van der Waals surface area contributed by atoms with Gasteiger partial charge in [-0.05, 0) is 75.9 Å². The van der Waals surface area contributed by atoms with Gasteiger partial charge in [0.05, 0.1) is 17.7 Å². The van der Waals surface area contributed by atoms with E-state index < -0.39 is 58.0 Å². The lowest BCUT2D eigenvalue weighted by Gasteiger charge is -2.50. The number of aromatic hydroxyl groups is 1. The summed E-state index contributed by atoms with van der Waals surface area (Å²) >= 11 is 6.85. The summed E-state index contributed by atoms with van der Waals surface area (Å²) in [5.41, 5.74) is 2.65. The topological polar surface area (TPSA) is 185 Å². The first-order valence-electron chi connectivity index (χ1n) is 13.4. The van der Waals surface area contributed by atoms with Crippen molar-refractivity contribution in [2.75, 3.05) is 27.2 Å². The minimum absolute atomic E-state index is 0.00288. The molecule has 5 rings (SSSR count). The van der Waals surface area contributed by atoms with E-state index in [1.165, 1.54) is 11.0 Å². The molecule has 1 aliphatic heterocycles. The molecule has 0 spiro atoms. The molecule has 1 saturated heterocycles. The molecular weight excluding hydrogens is 542 g/mol. The number of primary amides is 1. The lowest BCUT2D eigenvalue weighted by Crippen LogP contribution is -2.65. The van der Waals surface area contributed by atoms with Gasteiger partial charge in [-0.15, -0.1) is 0 Å². The molecule has 4 aliphatic rings. The Balaban J connectivity index is 1.60. The molecule has 12 heteroatoms. The summed E-state index contributed by atoms with van der Waals surface area (Å²) in [6, 6.07) is 0.292. The van der Waals surface area contributed by atoms with Crippen molar-refractivity contribution in [2.24, 2.45) is 17.6 Å². The maximum atomic E-state index is 13.9. The summed E-state index contributed by atoms with van der Waals surface area (Å²) in [4.78, 5) is 42.8. The second-order valence-corrected chi connectivity index (χ2v) is 11.9. The van der Waals surface area contributed by atoms with Crippen LogP contribution in [-0.2, 0) is 27.3 Å². The Morgan fingerprint density at radius 3 is 2.55 bits per heavy atom. The number of hydrogen-bond acceptors (Lipinski definition) is 10. The fraction of sp³-hybridized carbons (Fsp3) is 0.536. The smallest absolute Gasteiger partial charge is 0.255 e. The van der Waals surface area contributed by atoms with Crippen LogP contribution in [0.2, 0.25) is 5.02 Å². The summed E-state index contributed by atoms with van der Waals surface area (Å²) in [6.07, 6.45) is 1.94. The van der Waals surface area contributed by atoms with Crippen LogP contribution in [-0.4, -0.2) is 97.7 Å². The molecule has 2 fully saturated rings. The van der Waals surface area contributed by atoms with E-state index in [0.29, 0.717) is 42.1 Å². The van der Waals surface area contributed by atoms with Crippen molar-refractivity contribution in [1.82, 2.24) is 9.80 Å². The summed E-state index contributed by atoms with van der Waals surface area (Å²) in [5, 5.41) is 55.2. The highest BCUT2D eigenvalue weighted by atomic mass is 35.5. The number of phenolic OH excluding ortho intramolecular Hbond substituents is 1. The molecule has 1 aromatic rings. The SMILES string of the molecule is CN(C)[C@@H]1C(=O)C(C(N)=O)=C(O)[C@@]2(O)C(=O)C3=C(O)c4c(O)cc(CN5CCCC(O)CC5)c(Cl)c4C[C@H]3C[C@@H]12.